The highest BCUT2D eigenvalue weighted by Crippen LogP contribution is 2.18. The van der Waals surface area contributed by atoms with Gasteiger partial charge in [-0.1, -0.05) is 31.5 Å². The average molecular weight is 369 g/mol. The van der Waals surface area contributed by atoms with Crippen molar-refractivity contribution in [2.75, 3.05) is 5.73 Å². The van der Waals surface area contributed by atoms with E-state index in [0.29, 0.717) is 18.2 Å². The van der Waals surface area contributed by atoms with Gasteiger partial charge in [-0.3, -0.25) is 0 Å². The summed E-state index contributed by atoms with van der Waals surface area (Å²) in [5.74, 6) is 1.97. The number of nitrogens with two attached hydrogens (primary N) is 1. The van der Waals surface area contributed by atoms with Crippen LogP contribution in [-0.2, 0) is 13.0 Å². The molecule has 0 unspecified atom stereocenters. The number of ether oxygens (including phenoxy) is 1. The van der Waals surface area contributed by atoms with Crippen LogP contribution in [0, 0.1) is 3.57 Å². The molecule has 0 aliphatic carbocycles. The third-order valence-corrected chi connectivity index (χ3v) is 3.76. The van der Waals surface area contributed by atoms with Crippen LogP contribution in [0.25, 0.3) is 0 Å². The van der Waals surface area contributed by atoms with Crippen LogP contribution in [0.5, 0.6) is 5.75 Å². The Balaban J connectivity index is 2.12. The lowest BCUT2D eigenvalue weighted by atomic mass is 10.2. The largest absolute Gasteiger partial charge is 0.486 e. The van der Waals surface area contributed by atoms with Crippen molar-refractivity contribution in [3.63, 3.8) is 0 Å². The van der Waals surface area contributed by atoms with Crippen LogP contribution in [-0.4, -0.2) is 9.97 Å². The molecule has 2 rings (SSSR count). The smallest absolute Gasteiger partial charge is 0.168 e. The van der Waals surface area contributed by atoms with E-state index in [1.54, 1.807) is 0 Å². The topological polar surface area (TPSA) is 61.0 Å². The molecule has 0 saturated carbocycles. The SMILES string of the molecule is CCCc1nc(COc2ccccc2)nc(N)c1I. The van der Waals surface area contributed by atoms with Gasteiger partial charge in [0.25, 0.3) is 0 Å². The summed E-state index contributed by atoms with van der Waals surface area (Å²) in [5.41, 5.74) is 6.91. The maximum Gasteiger partial charge on any atom is 0.168 e. The maximum atomic E-state index is 5.91. The number of para-hydroxylation sites is 1. The highest BCUT2D eigenvalue weighted by atomic mass is 127. The van der Waals surface area contributed by atoms with Gasteiger partial charge in [-0.05, 0) is 41.1 Å². The van der Waals surface area contributed by atoms with Crippen molar-refractivity contribution in [3.8, 4) is 5.75 Å². The van der Waals surface area contributed by atoms with Gasteiger partial charge in [0.15, 0.2) is 5.82 Å². The van der Waals surface area contributed by atoms with Crippen LogP contribution in [0.1, 0.15) is 24.9 Å². The molecular weight excluding hydrogens is 353 g/mol. The van der Waals surface area contributed by atoms with Crippen molar-refractivity contribution in [2.45, 2.75) is 26.4 Å². The molecule has 1 aromatic heterocycles. The van der Waals surface area contributed by atoms with Crippen LogP contribution in [0.4, 0.5) is 5.82 Å². The Bertz CT molecular complexity index is 546. The monoisotopic (exact) mass is 369 g/mol. The Morgan fingerprint density at radius 3 is 2.63 bits per heavy atom. The first-order valence-electron chi connectivity index (χ1n) is 6.19. The van der Waals surface area contributed by atoms with E-state index in [1.807, 2.05) is 30.3 Å². The number of nitrogen functional groups attached to an aromatic ring is 1. The predicted molar refractivity (Wildman–Crippen MR) is 83.9 cm³/mol. The number of anilines is 1. The molecule has 4 nitrogen and oxygen atoms in total. The average Bonchev–Trinajstić information content (AvgIpc) is 2.43. The standard InChI is InChI=1S/C14H16IN3O/c1-2-6-11-13(15)14(16)18-12(17-11)9-19-10-7-4-3-5-8-10/h3-5,7-8H,2,6,9H2,1H3,(H2,16,17,18). The van der Waals surface area contributed by atoms with Gasteiger partial charge in [0, 0.05) is 0 Å². The fourth-order valence-corrected chi connectivity index (χ4v) is 2.21. The molecule has 0 radical (unpaired) electrons. The molecule has 0 bridgehead atoms. The summed E-state index contributed by atoms with van der Waals surface area (Å²) in [7, 11) is 0. The van der Waals surface area contributed by atoms with Crippen molar-refractivity contribution < 1.29 is 4.74 Å². The second-order valence-corrected chi connectivity index (χ2v) is 5.22. The zero-order valence-corrected chi connectivity index (χ0v) is 12.9. The summed E-state index contributed by atoms with van der Waals surface area (Å²) < 4.78 is 6.58. The van der Waals surface area contributed by atoms with Crippen LogP contribution in [0.3, 0.4) is 0 Å². The van der Waals surface area contributed by atoms with E-state index < -0.39 is 0 Å². The number of aryl methyl sites for hydroxylation is 1. The lowest BCUT2D eigenvalue weighted by Crippen LogP contribution is -2.09. The first-order chi connectivity index (χ1) is 9.20. The molecule has 0 aliphatic rings. The van der Waals surface area contributed by atoms with Crippen LogP contribution in [0.2, 0.25) is 0 Å². The van der Waals surface area contributed by atoms with Crippen LogP contribution >= 0.6 is 22.6 Å². The van der Waals surface area contributed by atoms with Gasteiger partial charge in [0.1, 0.15) is 18.2 Å². The first-order valence-corrected chi connectivity index (χ1v) is 7.27. The van der Waals surface area contributed by atoms with Gasteiger partial charge >= 0.3 is 0 Å². The Kier molecular flexibility index (Phi) is 4.95. The van der Waals surface area contributed by atoms with Crippen molar-refractivity contribution >= 4 is 28.4 Å². The minimum atomic E-state index is 0.335. The number of aromatic nitrogens is 2. The van der Waals surface area contributed by atoms with Crippen molar-refractivity contribution in [3.05, 3.63) is 45.4 Å². The van der Waals surface area contributed by atoms with Crippen LogP contribution < -0.4 is 10.5 Å². The predicted octanol–water partition coefficient (Wildman–Crippen LogP) is 3.19. The molecule has 19 heavy (non-hydrogen) atoms. The third-order valence-electron chi connectivity index (χ3n) is 2.59. The molecule has 1 heterocycles. The van der Waals surface area contributed by atoms with E-state index in [4.69, 9.17) is 10.5 Å². The molecule has 0 fully saturated rings. The number of halogens is 1. The summed E-state index contributed by atoms with van der Waals surface area (Å²) in [5, 5.41) is 0. The van der Waals surface area contributed by atoms with E-state index in [2.05, 4.69) is 39.5 Å². The van der Waals surface area contributed by atoms with E-state index in [0.717, 1.165) is 27.9 Å². The van der Waals surface area contributed by atoms with Crippen LogP contribution in [0.15, 0.2) is 30.3 Å². The summed E-state index contributed by atoms with van der Waals surface area (Å²) in [6.07, 6.45) is 1.94. The van der Waals surface area contributed by atoms with E-state index in [-0.39, 0.29) is 0 Å². The van der Waals surface area contributed by atoms with E-state index in [1.165, 1.54) is 0 Å². The van der Waals surface area contributed by atoms with E-state index >= 15 is 0 Å². The summed E-state index contributed by atoms with van der Waals surface area (Å²) >= 11 is 2.19. The molecule has 2 N–H and O–H groups in total. The van der Waals surface area contributed by atoms with Crippen molar-refractivity contribution in [2.24, 2.45) is 0 Å². The number of hydrogen-bond acceptors (Lipinski definition) is 4. The highest BCUT2D eigenvalue weighted by Gasteiger charge is 2.09. The fraction of sp³-hybridized carbons (Fsp3) is 0.286. The van der Waals surface area contributed by atoms with Crippen molar-refractivity contribution in [1.82, 2.24) is 9.97 Å². The fourth-order valence-electron chi connectivity index (χ4n) is 1.70. The molecule has 2 aromatic rings. The minimum absolute atomic E-state index is 0.335. The number of benzene rings is 1. The zero-order chi connectivity index (χ0) is 13.7. The van der Waals surface area contributed by atoms with Gasteiger partial charge in [-0.15, -0.1) is 0 Å². The van der Waals surface area contributed by atoms with Gasteiger partial charge in [0.2, 0.25) is 0 Å². The third kappa shape index (κ3) is 3.79. The maximum absolute atomic E-state index is 5.91. The lowest BCUT2D eigenvalue weighted by molar-refractivity contribution is 0.295. The Hall–Kier alpha value is -1.37. The molecule has 0 aliphatic heterocycles. The molecule has 1 aromatic carbocycles. The molecule has 100 valence electrons. The number of rotatable bonds is 5. The van der Waals surface area contributed by atoms with Gasteiger partial charge in [-0.25, -0.2) is 9.97 Å². The quantitative estimate of drug-likeness (QED) is 0.823. The minimum Gasteiger partial charge on any atom is -0.486 e. The summed E-state index contributed by atoms with van der Waals surface area (Å²) in [6, 6.07) is 9.62. The summed E-state index contributed by atoms with van der Waals surface area (Å²) in [4.78, 5) is 8.78. The van der Waals surface area contributed by atoms with Gasteiger partial charge in [0.05, 0.1) is 9.26 Å². The second-order valence-electron chi connectivity index (χ2n) is 4.14. The molecule has 0 saturated heterocycles. The molecule has 0 atom stereocenters. The number of hydrogen-bond donors (Lipinski definition) is 1. The molecule has 0 amide bonds. The van der Waals surface area contributed by atoms with E-state index in [9.17, 15) is 0 Å². The lowest BCUT2D eigenvalue weighted by Gasteiger charge is -2.09. The summed E-state index contributed by atoms with van der Waals surface area (Å²) in [6.45, 7) is 2.45. The molecular formula is C14H16IN3O. The van der Waals surface area contributed by atoms with Gasteiger partial charge < -0.3 is 10.5 Å². The van der Waals surface area contributed by atoms with Crippen molar-refractivity contribution in [1.29, 1.82) is 0 Å². The Labute approximate surface area is 126 Å². The normalized spacial score (nSPS) is 10.4. The molecule has 0 spiro atoms. The number of nitrogens with zero attached hydrogens (tertiary/aromatic N) is 2. The zero-order valence-electron chi connectivity index (χ0n) is 10.8. The molecule has 5 heteroatoms. The van der Waals surface area contributed by atoms with Gasteiger partial charge in [-0.2, -0.15) is 0 Å². The second kappa shape index (κ2) is 6.70. The highest BCUT2D eigenvalue weighted by molar-refractivity contribution is 14.1. The Morgan fingerprint density at radius 2 is 1.95 bits per heavy atom. The first kappa shape index (κ1) is 14.0. The Morgan fingerprint density at radius 1 is 1.21 bits per heavy atom.